The van der Waals surface area contributed by atoms with Crippen molar-refractivity contribution in [1.29, 1.82) is 0 Å². The molecular weight excluding hydrogens is 396 g/mol. The molecule has 2 unspecified atom stereocenters. The van der Waals surface area contributed by atoms with E-state index >= 15 is 0 Å². The van der Waals surface area contributed by atoms with Gasteiger partial charge in [-0.15, -0.1) is 0 Å². The predicted molar refractivity (Wildman–Crippen MR) is 107 cm³/mol. The molecule has 1 aliphatic rings. The maximum Gasteiger partial charge on any atom is 0.324 e. The molecule has 1 saturated heterocycles. The highest BCUT2D eigenvalue weighted by atomic mass is 32.2. The predicted octanol–water partition coefficient (Wildman–Crippen LogP) is 1.81. The molecule has 0 spiro atoms. The highest BCUT2D eigenvalue weighted by Crippen LogP contribution is 2.37. The molecule has 0 aliphatic carbocycles. The first kappa shape index (κ1) is 20.8. The smallest absolute Gasteiger partial charge is 0.324 e. The van der Waals surface area contributed by atoms with Crippen molar-refractivity contribution < 1.29 is 27.9 Å². The van der Waals surface area contributed by atoms with E-state index in [4.69, 9.17) is 4.74 Å². The molecule has 29 heavy (non-hydrogen) atoms. The van der Waals surface area contributed by atoms with Gasteiger partial charge >= 0.3 is 5.97 Å². The molecule has 1 amide bonds. The van der Waals surface area contributed by atoms with E-state index < -0.39 is 40.5 Å². The zero-order valence-electron chi connectivity index (χ0n) is 16.3. The number of anilines is 1. The summed E-state index contributed by atoms with van der Waals surface area (Å²) in [5, 5.41) is 9.93. The molecule has 0 radical (unpaired) electrons. The molecule has 0 aromatic heterocycles. The van der Waals surface area contributed by atoms with Crippen LogP contribution < -0.4 is 9.64 Å². The lowest BCUT2D eigenvalue weighted by molar-refractivity contribution is -0.144. The van der Waals surface area contributed by atoms with E-state index in [2.05, 4.69) is 0 Å². The first-order valence-electron chi connectivity index (χ1n) is 8.86. The zero-order valence-corrected chi connectivity index (χ0v) is 17.1. The average molecular weight is 418 g/mol. The van der Waals surface area contributed by atoms with E-state index in [9.17, 15) is 23.1 Å². The number of carboxylic acid groups (broad SMARTS) is 1. The molecule has 2 aromatic carbocycles. The van der Waals surface area contributed by atoms with Crippen LogP contribution in [0.1, 0.15) is 17.2 Å². The van der Waals surface area contributed by atoms with Crippen molar-refractivity contribution in [1.82, 2.24) is 4.31 Å². The van der Waals surface area contributed by atoms with Gasteiger partial charge in [0, 0.05) is 5.69 Å². The van der Waals surface area contributed by atoms with Crippen molar-refractivity contribution in [3.8, 4) is 5.75 Å². The summed E-state index contributed by atoms with van der Waals surface area (Å²) in [6, 6.07) is 11.1. The van der Waals surface area contributed by atoms with Crippen LogP contribution in [0.5, 0.6) is 5.75 Å². The summed E-state index contributed by atoms with van der Waals surface area (Å²) in [7, 11) is -2.42. The number of aliphatic carboxylic acids is 1. The van der Waals surface area contributed by atoms with Crippen LogP contribution in [0.15, 0.2) is 48.5 Å². The summed E-state index contributed by atoms with van der Waals surface area (Å²) >= 11 is 0. The normalized spacial score (nSPS) is 20.5. The number of piperazine rings is 1. The topological polar surface area (TPSA) is 104 Å². The quantitative estimate of drug-likeness (QED) is 0.794. The van der Waals surface area contributed by atoms with Crippen LogP contribution in [0.4, 0.5) is 5.69 Å². The summed E-state index contributed by atoms with van der Waals surface area (Å²) < 4.78 is 30.5. The van der Waals surface area contributed by atoms with Gasteiger partial charge in [-0.3, -0.25) is 9.59 Å². The molecule has 0 bridgehead atoms. The number of ether oxygens (including phenoxy) is 1. The largest absolute Gasteiger partial charge is 0.497 e. The number of carbonyl (C=O) groups is 2. The fraction of sp³-hybridized carbons (Fsp3) is 0.300. The molecule has 1 N–H and O–H groups in total. The lowest BCUT2D eigenvalue weighted by Crippen LogP contribution is -2.62. The Hall–Kier alpha value is -2.91. The highest BCUT2D eigenvalue weighted by Gasteiger charge is 2.49. The number of hydrogen-bond acceptors (Lipinski definition) is 5. The van der Waals surface area contributed by atoms with Gasteiger partial charge in [0.1, 0.15) is 11.8 Å². The van der Waals surface area contributed by atoms with Crippen LogP contribution >= 0.6 is 0 Å². The standard InChI is InChI=1S/C20H22N2O6S/c1-13-4-6-14(7-5-13)18-19(20(24)25)21(29(3,26)27)12-17(23)22(18)15-8-10-16(28-2)11-9-15/h4-11,18-19H,12H2,1-3H3,(H,24,25). The molecule has 1 heterocycles. The fourth-order valence-electron chi connectivity index (χ4n) is 3.49. The minimum Gasteiger partial charge on any atom is -0.497 e. The van der Waals surface area contributed by atoms with Crippen LogP contribution in [-0.4, -0.2) is 55.7 Å². The van der Waals surface area contributed by atoms with Crippen LogP contribution in [0, 0.1) is 6.92 Å². The van der Waals surface area contributed by atoms with Crippen molar-refractivity contribution in [3.63, 3.8) is 0 Å². The Morgan fingerprint density at radius 2 is 1.69 bits per heavy atom. The third kappa shape index (κ3) is 4.10. The van der Waals surface area contributed by atoms with Gasteiger partial charge in [0.15, 0.2) is 0 Å². The molecule has 3 rings (SSSR count). The Labute approximate surface area is 169 Å². The summed E-state index contributed by atoms with van der Waals surface area (Å²) in [6.07, 6.45) is 0.908. The summed E-state index contributed by atoms with van der Waals surface area (Å²) in [4.78, 5) is 26.6. The molecule has 9 heteroatoms. The average Bonchev–Trinajstić information content (AvgIpc) is 2.67. The molecule has 154 valence electrons. The van der Waals surface area contributed by atoms with E-state index in [1.165, 1.54) is 12.0 Å². The fourth-order valence-corrected chi connectivity index (χ4v) is 4.45. The minimum atomic E-state index is -3.93. The number of rotatable bonds is 5. The number of amides is 1. The zero-order chi connectivity index (χ0) is 21.3. The van der Waals surface area contributed by atoms with E-state index in [0.717, 1.165) is 16.1 Å². The van der Waals surface area contributed by atoms with Gasteiger partial charge in [0.2, 0.25) is 15.9 Å². The molecule has 8 nitrogen and oxygen atoms in total. The third-order valence-corrected chi connectivity index (χ3v) is 6.10. The van der Waals surface area contributed by atoms with Gasteiger partial charge < -0.3 is 14.7 Å². The molecule has 2 atom stereocenters. The maximum absolute atomic E-state index is 13.0. The third-order valence-electron chi connectivity index (χ3n) is 4.90. The summed E-state index contributed by atoms with van der Waals surface area (Å²) in [6.45, 7) is 1.33. The Morgan fingerprint density at radius 1 is 1.10 bits per heavy atom. The van der Waals surface area contributed by atoms with Gasteiger partial charge in [-0.2, -0.15) is 4.31 Å². The van der Waals surface area contributed by atoms with E-state index in [0.29, 0.717) is 17.0 Å². The molecule has 1 fully saturated rings. The molecule has 0 saturated carbocycles. The first-order valence-corrected chi connectivity index (χ1v) is 10.7. The van der Waals surface area contributed by atoms with E-state index in [1.807, 2.05) is 6.92 Å². The van der Waals surface area contributed by atoms with Gasteiger partial charge in [0.05, 0.1) is 26.0 Å². The van der Waals surface area contributed by atoms with E-state index in [-0.39, 0.29) is 0 Å². The Morgan fingerprint density at radius 3 is 2.17 bits per heavy atom. The Balaban J connectivity index is 2.20. The minimum absolute atomic E-state index is 0.459. The van der Waals surface area contributed by atoms with Crippen molar-refractivity contribution in [3.05, 3.63) is 59.7 Å². The number of methoxy groups -OCH3 is 1. The number of hydrogen-bond donors (Lipinski definition) is 1. The lowest BCUT2D eigenvalue weighted by Gasteiger charge is -2.44. The maximum atomic E-state index is 13.0. The van der Waals surface area contributed by atoms with Crippen molar-refractivity contribution in [2.45, 2.75) is 19.0 Å². The van der Waals surface area contributed by atoms with Crippen LogP contribution in [0.3, 0.4) is 0 Å². The first-order chi connectivity index (χ1) is 13.6. The number of carbonyl (C=O) groups excluding carboxylic acids is 1. The second kappa shape index (κ2) is 7.84. The highest BCUT2D eigenvalue weighted by molar-refractivity contribution is 7.88. The van der Waals surface area contributed by atoms with Crippen molar-refractivity contribution in [2.24, 2.45) is 0 Å². The number of carboxylic acids is 1. The second-order valence-electron chi connectivity index (χ2n) is 6.91. The number of nitrogens with zero attached hydrogens (tertiary/aromatic N) is 2. The van der Waals surface area contributed by atoms with Gasteiger partial charge in [0.25, 0.3) is 0 Å². The Bertz CT molecular complexity index is 1020. The molecule has 2 aromatic rings. The summed E-state index contributed by atoms with van der Waals surface area (Å²) in [5.41, 5.74) is 1.94. The van der Waals surface area contributed by atoms with Gasteiger partial charge in [-0.05, 0) is 36.8 Å². The van der Waals surface area contributed by atoms with Gasteiger partial charge in [-0.25, -0.2) is 8.42 Å². The molecular formula is C20H22N2O6S. The number of sulfonamides is 1. The van der Waals surface area contributed by atoms with Crippen molar-refractivity contribution >= 4 is 27.6 Å². The second-order valence-corrected chi connectivity index (χ2v) is 8.84. The number of benzene rings is 2. The molecule has 1 aliphatic heterocycles. The van der Waals surface area contributed by atoms with Crippen LogP contribution in [0.25, 0.3) is 0 Å². The van der Waals surface area contributed by atoms with Gasteiger partial charge in [-0.1, -0.05) is 29.8 Å². The SMILES string of the molecule is COc1ccc(N2C(=O)CN(S(C)(=O)=O)C(C(=O)O)C2c2ccc(C)cc2)cc1. The number of aryl methyl sites for hydroxylation is 1. The van der Waals surface area contributed by atoms with Crippen LogP contribution in [-0.2, 0) is 19.6 Å². The Kier molecular flexibility index (Phi) is 5.63. The lowest BCUT2D eigenvalue weighted by atomic mass is 9.93. The summed E-state index contributed by atoms with van der Waals surface area (Å²) in [5.74, 6) is -1.26. The monoisotopic (exact) mass is 418 g/mol. The van der Waals surface area contributed by atoms with Crippen LogP contribution in [0.2, 0.25) is 0 Å². The van der Waals surface area contributed by atoms with E-state index in [1.54, 1.807) is 48.5 Å². The van der Waals surface area contributed by atoms with Crippen molar-refractivity contribution in [2.75, 3.05) is 24.8 Å².